The van der Waals surface area contributed by atoms with Gasteiger partial charge in [0.05, 0.1) is 11.1 Å². The molecule has 0 bridgehead atoms. The van der Waals surface area contributed by atoms with Gasteiger partial charge in [-0.25, -0.2) is 9.59 Å². The van der Waals surface area contributed by atoms with Gasteiger partial charge in [-0.05, 0) is 63.6 Å². The first-order valence-electron chi connectivity index (χ1n) is 8.98. The molecule has 0 spiro atoms. The highest BCUT2D eigenvalue weighted by atomic mass is 16.4. The molecular formula is C24H22O4. The van der Waals surface area contributed by atoms with Gasteiger partial charge in [0.1, 0.15) is 0 Å². The summed E-state index contributed by atoms with van der Waals surface area (Å²) in [6, 6.07) is 19.9. The van der Waals surface area contributed by atoms with Crippen molar-refractivity contribution in [3.05, 3.63) is 83.4 Å². The molecule has 3 aromatic rings. The highest BCUT2D eigenvalue weighted by Gasteiger charge is 2.17. The number of aromatic carboxylic acids is 2. The number of carboxylic acids is 2. The van der Waals surface area contributed by atoms with Gasteiger partial charge in [0.15, 0.2) is 0 Å². The summed E-state index contributed by atoms with van der Waals surface area (Å²) >= 11 is 0. The molecule has 142 valence electrons. The second-order valence-electron chi connectivity index (χ2n) is 7.81. The first-order valence-corrected chi connectivity index (χ1v) is 8.98. The third-order valence-electron chi connectivity index (χ3n) is 4.73. The van der Waals surface area contributed by atoms with Gasteiger partial charge in [0.25, 0.3) is 0 Å². The maximum Gasteiger partial charge on any atom is 0.335 e. The SMILES string of the molecule is CC(C)(C)c1cc(-c2ccc(C(=O)O)cc2)cc(-c2ccc(C(=O)O)cc2)c1. The average molecular weight is 374 g/mol. The Hall–Kier alpha value is -3.40. The van der Waals surface area contributed by atoms with Gasteiger partial charge >= 0.3 is 11.9 Å². The lowest BCUT2D eigenvalue weighted by molar-refractivity contribution is 0.0686. The Balaban J connectivity index is 2.11. The van der Waals surface area contributed by atoms with Crippen LogP contribution in [0.1, 0.15) is 47.1 Å². The van der Waals surface area contributed by atoms with E-state index in [1.165, 1.54) is 0 Å². The molecule has 0 saturated carbocycles. The zero-order valence-corrected chi connectivity index (χ0v) is 16.1. The largest absolute Gasteiger partial charge is 0.478 e. The van der Waals surface area contributed by atoms with Crippen LogP contribution in [0.5, 0.6) is 0 Å². The lowest BCUT2D eigenvalue weighted by Crippen LogP contribution is -2.11. The van der Waals surface area contributed by atoms with Crippen molar-refractivity contribution in [1.29, 1.82) is 0 Å². The van der Waals surface area contributed by atoms with E-state index in [2.05, 4.69) is 32.9 Å². The standard InChI is InChI=1S/C24H22O4/c1-24(2,3)21-13-19(15-4-8-17(9-5-15)22(25)26)12-20(14-21)16-6-10-18(11-7-16)23(27)28/h4-14H,1-3H3,(H,25,26)(H,27,28). The minimum atomic E-state index is -0.950. The van der Waals surface area contributed by atoms with Gasteiger partial charge in [-0.1, -0.05) is 57.2 Å². The van der Waals surface area contributed by atoms with Gasteiger partial charge in [-0.3, -0.25) is 0 Å². The number of rotatable bonds is 4. The van der Waals surface area contributed by atoms with E-state index in [-0.39, 0.29) is 16.5 Å². The molecule has 3 rings (SSSR count). The first-order chi connectivity index (χ1) is 13.1. The average Bonchev–Trinajstić information content (AvgIpc) is 2.67. The summed E-state index contributed by atoms with van der Waals surface area (Å²) in [5.41, 5.74) is 5.40. The number of hydrogen-bond donors (Lipinski definition) is 2. The highest BCUT2D eigenvalue weighted by Crippen LogP contribution is 2.33. The van der Waals surface area contributed by atoms with Crippen LogP contribution in [0, 0.1) is 0 Å². The monoisotopic (exact) mass is 374 g/mol. The normalized spacial score (nSPS) is 11.2. The van der Waals surface area contributed by atoms with E-state index in [0.717, 1.165) is 27.8 Å². The molecule has 0 atom stereocenters. The molecule has 3 aromatic carbocycles. The Morgan fingerprint density at radius 1 is 0.607 bits per heavy atom. The van der Waals surface area contributed by atoms with E-state index >= 15 is 0 Å². The topological polar surface area (TPSA) is 74.6 Å². The van der Waals surface area contributed by atoms with Gasteiger partial charge in [0.2, 0.25) is 0 Å². The fourth-order valence-electron chi connectivity index (χ4n) is 3.00. The summed E-state index contributed by atoms with van der Waals surface area (Å²) in [6.07, 6.45) is 0. The Morgan fingerprint density at radius 3 is 1.25 bits per heavy atom. The van der Waals surface area contributed by atoms with Gasteiger partial charge in [0, 0.05) is 0 Å². The summed E-state index contributed by atoms with van der Waals surface area (Å²) in [6.45, 7) is 6.41. The van der Waals surface area contributed by atoms with E-state index in [9.17, 15) is 9.59 Å². The zero-order chi connectivity index (χ0) is 20.5. The van der Waals surface area contributed by atoms with E-state index in [1.807, 2.05) is 30.3 Å². The van der Waals surface area contributed by atoms with Crippen molar-refractivity contribution in [2.45, 2.75) is 26.2 Å². The maximum absolute atomic E-state index is 11.1. The number of hydrogen-bond acceptors (Lipinski definition) is 2. The molecule has 4 heteroatoms. The van der Waals surface area contributed by atoms with Gasteiger partial charge in [-0.15, -0.1) is 0 Å². The van der Waals surface area contributed by atoms with Gasteiger partial charge < -0.3 is 10.2 Å². The van der Waals surface area contributed by atoms with E-state index in [4.69, 9.17) is 10.2 Å². The van der Waals surface area contributed by atoms with Crippen molar-refractivity contribution >= 4 is 11.9 Å². The molecule has 0 aliphatic rings. The zero-order valence-electron chi connectivity index (χ0n) is 16.1. The Labute approximate surface area is 164 Å². The molecular weight excluding hydrogens is 352 g/mol. The molecule has 0 saturated heterocycles. The Kier molecular flexibility index (Phi) is 5.06. The quantitative estimate of drug-likeness (QED) is 0.613. The lowest BCUT2D eigenvalue weighted by atomic mass is 9.83. The summed E-state index contributed by atoms with van der Waals surface area (Å²) in [4.78, 5) is 22.2. The van der Waals surface area contributed by atoms with Crippen LogP contribution in [0.15, 0.2) is 66.7 Å². The number of carboxylic acid groups (broad SMARTS) is 2. The second kappa shape index (κ2) is 7.31. The highest BCUT2D eigenvalue weighted by molar-refractivity contribution is 5.89. The third-order valence-corrected chi connectivity index (χ3v) is 4.73. The van der Waals surface area contributed by atoms with E-state index in [1.54, 1.807) is 24.3 Å². The van der Waals surface area contributed by atoms with Crippen molar-refractivity contribution in [3.8, 4) is 22.3 Å². The third kappa shape index (κ3) is 4.12. The van der Waals surface area contributed by atoms with Crippen LogP contribution in [-0.4, -0.2) is 22.2 Å². The second-order valence-corrected chi connectivity index (χ2v) is 7.81. The Bertz CT molecular complexity index is 948. The molecule has 0 unspecified atom stereocenters. The van der Waals surface area contributed by atoms with Crippen molar-refractivity contribution < 1.29 is 19.8 Å². The lowest BCUT2D eigenvalue weighted by Gasteiger charge is -2.22. The molecule has 0 aliphatic carbocycles. The van der Waals surface area contributed by atoms with Crippen LogP contribution < -0.4 is 0 Å². The first kappa shape index (κ1) is 19.4. The van der Waals surface area contributed by atoms with Crippen LogP contribution in [0.3, 0.4) is 0 Å². The van der Waals surface area contributed by atoms with Crippen molar-refractivity contribution in [1.82, 2.24) is 0 Å². The molecule has 2 N–H and O–H groups in total. The minimum absolute atomic E-state index is 0.0766. The predicted octanol–water partition coefficient (Wildman–Crippen LogP) is 5.71. The van der Waals surface area contributed by atoms with E-state index in [0.29, 0.717) is 0 Å². The molecule has 0 radical (unpaired) electrons. The van der Waals surface area contributed by atoms with Gasteiger partial charge in [-0.2, -0.15) is 0 Å². The summed E-state index contributed by atoms with van der Waals surface area (Å²) < 4.78 is 0. The van der Waals surface area contributed by atoms with E-state index < -0.39 is 11.9 Å². The molecule has 28 heavy (non-hydrogen) atoms. The fraction of sp³-hybridized carbons (Fsp3) is 0.167. The molecule has 0 amide bonds. The Morgan fingerprint density at radius 2 is 0.964 bits per heavy atom. The summed E-state index contributed by atoms with van der Waals surface area (Å²) in [5.74, 6) is -1.90. The number of benzene rings is 3. The smallest absolute Gasteiger partial charge is 0.335 e. The minimum Gasteiger partial charge on any atom is -0.478 e. The fourth-order valence-corrected chi connectivity index (χ4v) is 3.00. The maximum atomic E-state index is 11.1. The molecule has 0 aromatic heterocycles. The predicted molar refractivity (Wildman–Crippen MR) is 110 cm³/mol. The van der Waals surface area contributed by atoms with Crippen molar-refractivity contribution in [2.24, 2.45) is 0 Å². The van der Waals surface area contributed by atoms with Crippen LogP contribution in [0.4, 0.5) is 0 Å². The molecule has 0 aliphatic heterocycles. The molecule has 4 nitrogen and oxygen atoms in total. The summed E-state index contributed by atoms with van der Waals surface area (Å²) in [7, 11) is 0. The van der Waals surface area contributed by atoms with Crippen LogP contribution in [0.2, 0.25) is 0 Å². The molecule has 0 heterocycles. The van der Waals surface area contributed by atoms with Crippen LogP contribution in [-0.2, 0) is 5.41 Å². The van der Waals surface area contributed by atoms with Crippen molar-refractivity contribution in [3.63, 3.8) is 0 Å². The number of carbonyl (C=O) groups is 2. The van der Waals surface area contributed by atoms with Crippen LogP contribution >= 0.6 is 0 Å². The van der Waals surface area contributed by atoms with Crippen molar-refractivity contribution in [2.75, 3.05) is 0 Å². The summed E-state index contributed by atoms with van der Waals surface area (Å²) in [5, 5.41) is 18.2. The molecule has 0 fully saturated rings. The van der Waals surface area contributed by atoms with Crippen LogP contribution in [0.25, 0.3) is 22.3 Å².